The lowest BCUT2D eigenvalue weighted by molar-refractivity contribution is -0.146. The van der Waals surface area contributed by atoms with Gasteiger partial charge in [0, 0.05) is 45.7 Å². The highest BCUT2D eigenvalue weighted by Crippen LogP contribution is 2.36. The Morgan fingerprint density at radius 1 is 1.26 bits per heavy atom. The van der Waals surface area contributed by atoms with E-state index in [1.165, 1.54) is 6.92 Å². The van der Waals surface area contributed by atoms with Crippen molar-refractivity contribution in [2.75, 3.05) is 24.3 Å². The zero-order valence-electron chi connectivity index (χ0n) is 20.5. The molecule has 1 N–H and O–H groups in total. The lowest BCUT2D eigenvalue weighted by Gasteiger charge is -2.25. The van der Waals surface area contributed by atoms with Crippen molar-refractivity contribution in [2.45, 2.75) is 52.8 Å². The van der Waals surface area contributed by atoms with Crippen LogP contribution in [0.1, 0.15) is 42.3 Å². The molecule has 0 saturated heterocycles. The van der Waals surface area contributed by atoms with Crippen LogP contribution in [0.15, 0.2) is 41.3 Å². The van der Waals surface area contributed by atoms with Gasteiger partial charge in [-0.3, -0.25) is 14.2 Å². The van der Waals surface area contributed by atoms with Gasteiger partial charge in [-0.25, -0.2) is 9.97 Å². The zero-order chi connectivity index (χ0) is 24.6. The topological polar surface area (TPSA) is 89.3 Å². The molecule has 0 unspecified atom stereocenters. The summed E-state index contributed by atoms with van der Waals surface area (Å²) in [6.07, 6.45) is 1.97. The maximum Gasteiger partial charge on any atom is 0.302 e. The first-order valence-corrected chi connectivity index (χ1v) is 11.5. The van der Waals surface area contributed by atoms with Gasteiger partial charge >= 0.3 is 5.97 Å². The van der Waals surface area contributed by atoms with E-state index in [1.807, 2.05) is 70.1 Å². The van der Waals surface area contributed by atoms with Gasteiger partial charge in [-0.15, -0.1) is 0 Å². The SMILES string of the molecule is CCn1c(N[C@@H]2c3ccccc3C[C@@H]2OC(C)=O)c(C)nc(-c2cnc(N(C)C)cc2C)c1=O. The molecule has 2 aromatic heterocycles. The van der Waals surface area contributed by atoms with Crippen LogP contribution in [-0.2, 0) is 22.5 Å². The molecule has 8 heteroatoms. The normalized spacial score (nSPS) is 16.8. The van der Waals surface area contributed by atoms with Gasteiger partial charge < -0.3 is 15.0 Å². The van der Waals surface area contributed by atoms with Gasteiger partial charge in [0.05, 0.1) is 11.7 Å². The number of anilines is 2. The van der Waals surface area contributed by atoms with Gasteiger partial charge in [0.25, 0.3) is 5.56 Å². The fraction of sp³-hybridized carbons (Fsp3) is 0.385. The first-order valence-electron chi connectivity index (χ1n) is 11.5. The number of benzene rings is 1. The summed E-state index contributed by atoms with van der Waals surface area (Å²) in [6, 6.07) is 9.70. The highest BCUT2D eigenvalue weighted by molar-refractivity contribution is 5.67. The third kappa shape index (κ3) is 4.27. The summed E-state index contributed by atoms with van der Waals surface area (Å²) in [4.78, 5) is 36.4. The van der Waals surface area contributed by atoms with Crippen molar-refractivity contribution in [3.8, 4) is 11.3 Å². The Morgan fingerprint density at radius 2 is 2.00 bits per heavy atom. The van der Waals surface area contributed by atoms with Crippen molar-refractivity contribution in [2.24, 2.45) is 0 Å². The Balaban J connectivity index is 1.78. The largest absolute Gasteiger partial charge is 0.460 e. The summed E-state index contributed by atoms with van der Waals surface area (Å²) in [6.45, 7) is 7.66. The third-order valence-corrected chi connectivity index (χ3v) is 6.26. The molecule has 0 saturated carbocycles. The number of ether oxygens (including phenoxy) is 1. The van der Waals surface area contributed by atoms with E-state index in [0.717, 1.165) is 28.1 Å². The van der Waals surface area contributed by atoms with Crippen LogP contribution >= 0.6 is 0 Å². The van der Waals surface area contributed by atoms with Crippen LogP contribution in [0.25, 0.3) is 11.3 Å². The monoisotopic (exact) mass is 461 g/mol. The number of carbonyl (C=O) groups is 1. The molecule has 178 valence electrons. The lowest BCUT2D eigenvalue weighted by atomic mass is 10.1. The van der Waals surface area contributed by atoms with E-state index in [1.54, 1.807) is 10.8 Å². The molecule has 0 aliphatic heterocycles. The summed E-state index contributed by atoms with van der Waals surface area (Å²) in [5.74, 6) is 1.13. The Labute approximate surface area is 199 Å². The van der Waals surface area contributed by atoms with E-state index in [4.69, 9.17) is 9.72 Å². The first kappa shape index (κ1) is 23.5. The second-order valence-electron chi connectivity index (χ2n) is 8.87. The summed E-state index contributed by atoms with van der Waals surface area (Å²) < 4.78 is 7.34. The van der Waals surface area contributed by atoms with Gasteiger partial charge in [-0.1, -0.05) is 24.3 Å². The molecule has 0 amide bonds. The van der Waals surface area contributed by atoms with Crippen molar-refractivity contribution < 1.29 is 9.53 Å². The van der Waals surface area contributed by atoms with Crippen LogP contribution in [-0.4, -0.2) is 40.7 Å². The van der Waals surface area contributed by atoms with Gasteiger partial charge in [-0.2, -0.15) is 0 Å². The number of rotatable bonds is 6. The van der Waals surface area contributed by atoms with Gasteiger partial charge in [-0.05, 0) is 43.5 Å². The smallest absolute Gasteiger partial charge is 0.302 e. The van der Waals surface area contributed by atoms with Crippen molar-refractivity contribution in [3.63, 3.8) is 0 Å². The van der Waals surface area contributed by atoms with Crippen LogP contribution < -0.4 is 15.8 Å². The number of pyridine rings is 1. The van der Waals surface area contributed by atoms with Crippen molar-refractivity contribution in [1.29, 1.82) is 0 Å². The van der Waals surface area contributed by atoms with E-state index < -0.39 is 0 Å². The van der Waals surface area contributed by atoms with Gasteiger partial charge in [0.2, 0.25) is 0 Å². The first-order chi connectivity index (χ1) is 16.2. The fourth-order valence-corrected chi connectivity index (χ4v) is 4.59. The number of nitrogens with zero attached hydrogens (tertiary/aromatic N) is 4. The number of esters is 1. The molecule has 3 aromatic rings. The van der Waals surface area contributed by atoms with Crippen molar-refractivity contribution in [1.82, 2.24) is 14.5 Å². The standard InChI is InChI=1S/C26H31N5O3/c1-7-31-25(29-23-19-11-9-8-10-18(19)13-21(23)34-17(4)32)16(3)28-24(26(31)33)20-14-27-22(30(5)6)12-15(20)2/h8-12,14,21,23,29H,7,13H2,1-6H3/t21-,23+/m0/s1. The van der Waals surface area contributed by atoms with Crippen LogP contribution in [0.4, 0.5) is 11.6 Å². The van der Waals surface area contributed by atoms with Gasteiger partial charge in [0.1, 0.15) is 23.4 Å². The van der Waals surface area contributed by atoms with E-state index in [0.29, 0.717) is 30.2 Å². The number of carbonyl (C=O) groups excluding carboxylic acids is 1. The molecule has 0 bridgehead atoms. The molecule has 8 nitrogen and oxygen atoms in total. The third-order valence-electron chi connectivity index (χ3n) is 6.26. The molecule has 2 atom stereocenters. The molecule has 0 spiro atoms. The Bertz CT molecular complexity index is 1300. The Morgan fingerprint density at radius 3 is 2.65 bits per heavy atom. The van der Waals surface area contributed by atoms with E-state index >= 15 is 0 Å². The van der Waals surface area contributed by atoms with Crippen LogP contribution in [0.5, 0.6) is 0 Å². The number of hydrogen-bond donors (Lipinski definition) is 1. The van der Waals surface area contributed by atoms with Crippen molar-refractivity contribution in [3.05, 3.63) is 69.3 Å². The predicted octanol–water partition coefficient (Wildman–Crippen LogP) is 3.65. The molecule has 34 heavy (non-hydrogen) atoms. The second-order valence-corrected chi connectivity index (χ2v) is 8.87. The summed E-state index contributed by atoms with van der Waals surface area (Å²) in [5.41, 5.74) is 4.73. The Hall–Kier alpha value is -3.68. The molecule has 1 aromatic carbocycles. The summed E-state index contributed by atoms with van der Waals surface area (Å²) >= 11 is 0. The molecule has 2 heterocycles. The average molecular weight is 462 g/mol. The highest BCUT2D eigenvalue weighted by Gasteiger charge is 2.35. The minimum atomic E-state index is -0.362. The molecule has 1 aliphatic rings. The number of aryl methyl sites for hydroxylation is 2. The molecule has 0 radical (unpaired) electrons. The lowest BCUT2D eigenvalue weighted by Crippen LogP contribution is -2.32. The van der Waals surface area contributed by atoms with E-state index in [9.17, 15) is 9.59 Å². The Kier molecular flexibility index (Phi) is 6.41. The van der Waals surface area contributed by atoms with Crippen molar-refractivity contribution >= 4 is 17.6 Å². The maximum atomic E-state index is 13.6. The number of fused-ring (bicyclic) bond motifs is 1. The summed E-state index contributed by atoms with van der Waals surface area (Å²) in [7, 11) is 3.86. The van der Waals surface area contributed by atoms with E-state index in [-0.39, 0.29) is 23.7 Å². The van der Waals surface area contributed by atoms with Gasteiger partial charge in [0.15, 0.2) is 0 Å². The second kappa shape index (κ2) is 9.29. The minimum Gasteiger partial charge on any atom is -0.460 e. The molecular formula is C26H31N5O3. The molecule has 0 fully saturated rings. The quantitative estimate of drug-likeness (QED) is 0.561. The minimum absolute atomic E-state index is 0.187. The average Bonchev–Trinajstić information content (AvgIpc) is 3.12. The summed E-state index contributed by atoms with van der Waals surface area (Å²) in [5, 5.41) is 3.50. The van der Waals surface area contributed by atoms with Crippen LogP contribution in [0.3, 0.4) is 0 Å². The number of aromatic nitrogens is 3. The van der Waals surface area contributed by atoms with E-state index in [2.05, 4.69) is 10.3 Å². The van der Waals surface area contributed by atoms with Crippen LogP contribution in [0.2, 0.25) is 0 Å². The highest BCUT2D eigenvalue weighted by atomic mass is 16.5. The fourth-order valence-electron chi connectivity index (χ4n) is 4.59. The number of hydrogen-bond acceptors (Lipinski definition) is 7. The molecular weight excluding hydrogens is 430 g/mol. The predicted molar refractivity (Wildman–Crippen MR) is 133 cm³/mol. The molecule has 4 rings (SSSR count). The number of nitrogens with one attached hydrogen (secondary N) is 1. The molecule has 1 aliphatic carbocycles. The van der Waals surface area contributed by atoms with Crippen LogP contribution in [0, 0.1) is 13.8 Å². The zero-order valence-corrected chi connectivity index (χ0v) is 20.5. The maximum absolute atomic E-state index is 13.6.